The van der Waals surface area contributed by atoms with Crippen LogP contribution in [0.1, 0.15) is 6.42 Å². The van der Waals surface area contributed by atoms with E-state index in [2.05, 4.69) is 22.6 Å². The molecule has 0 aromatic carbocycles. The summed E-state index contributed by atoms with van der Waals surface area (Å²) in [4.78, 5) is 13.1. The number of hydrogen-bond donors (Lipinski definition) is 0. The Morgan fingerprint density at radius 2 is 2.09 bits per heavy atom. The maximum atomic E-state index is 11.3. The summed E-state index contributed by atoms with van der Waals surface area (Å²) in [6.45, 7) is 2.95. The SMILES string of the molecule is O=C(CCI)N1CCOCC1. The summed E-state index contributed by atoms with van der Waals surface area (Å²) in [5.41, 5.74) is 0. The lowest BCUT2D eigenvalue weighted by Gasteiger charge is -2.26. The van der Waals surface area contributed by atoms with Crippen LogP contribution in [0.25, 0.3) is 0 Å². The quantitative estimate of drug-likeness (QED) is 0.544. The van der Waals surface area contributed by atoms with Crippen molar-refractivity contribution in [3.63, 3.8) is 0 Å². The van der Waals surface area contributed by atoms with E-state index >= 15 is 0 Å². The molecule has 1 amide bonds. The number of alkyl halides is 1. The second kappa shape index (κ2) is 4.92. The third-order valence-corrected chi connectivity index (χ3v) is 2.21. The molecule has 0 aliphatic carbocycles. The van der Waals surface area contributed by atoms with E-state index in [0.29, 0.717) is 19.6 Å². The van der Waals surface area contributed by atoms with Gasteiger partial charge in [-0.2, -0.15) is 0 Å². The molecule has 64 valence electrons. The number of nitrogens with zero attached hydrogens (tertiary/aromatic N) is 1. The summed E-state index contributed by atoms with van der Waals surface area (Å²) in [6.07, 6.45) is 0.667. The average Bonchev–Trinajstić information content (AvgIpc) is 2.07. The Hall–Kier alpha value is 0.160. The van der Waals surface area contributed by atoms with E-state index in [4.69, 9.17) is 4.74 Å². The van der Waals surface area contributed by atoms with E-state index in [0.717, 1.165) is 17.5 Å². The number of morpholine rings is 1. The van der Waals surface area contributed by atoms with Crippen molar-refractivity contribution in [3.8, 4) is 0 Å². The Kier molecular flexibility index (Phi) is 4.14. The second-order valence-corrected chi connectivity index (χ2v) is 3.51. The molecule has 1 fully saturated rings. The molecule has 0 bridgehead atoms. The molecule has 0 unspecified atom stereocenters. The Bertz CT molecular complexity index is 134. The Morgan fingerprint density at radius 3 is 2.64 bits per heavy atom. The third kappa shape index (κ3) is 2.94. The zero-order valence-corrected chi connectivity index (χ0v) is 8.54. The van der Waals surface area contributed by atoms with Gasteiger partial charge in [-0.05, 0) is 0 Å². The molecule has 11 heavy (non-hydrogen) atoms. The van der Waals surface area contributed by atoms with Crippen molar-refractivity contribution in [1.29, 1.82) is 0 Å². The van der Waals surface area contributed by atoms with Gasteiger partial charge in [0.15, 0.2) is 0 Å². The summed E-state index contributed by atoms with van der Waals surface area (Å²) in [6, 6.07) is 0. The summed E-state index contributed by atoms with van der Waals surface area (Å²) in [5, 5.41) is 0. The molecule has 0 saturated carbocycles. The van der Waals surface area contributed by atoms with Crippen molar-refractivity contribution in [1.82, 2.24) is 4.90 Å². The molecule has 1 rings (SSSR count). The fraction of sp³-hybridized carbons (Fsp3) is 0.857. The highest BCUT2D eigenvalue weighted by molar-refractivity contribution is 14.1. The van der Waals surface area contributed by atoms with Gasteiger partial charge < -0.3 is 9.64 Å². The van der Waals surface area contributed by atoms with E-state index in [1.54, 1.807) is 0 Å². The lowest BCUT2D eigenvalue weighted by atomic mass is 10.3. The van der Waals surface area contributed by atoms with Crippen LogP contribution in [0, 0.1) is 0 Å². The number of hydrogen-bond acceptors (Lipinski definition) is 2. The molecule has 1 aliphatic heterocycles. The van der Waals surface area contributed by atoms with Crippen LogP contribution in [0.2, 0.25) is 0 Å². The first-order chi connectivity index (χ1) is 5.34. The predicted molar refractivity (Wildman–Crippen MR) is 50.9 cm³/mol. The van der Waals surface area contributed by atoms with E-state index in [1.807, 2.05) is 4.90 Å². The molecule has 3 nitrogen and oxygen atoms in total. The lowest BCUT2D eigenvalue weighted by Crippen LogP contribution is -2.40. The van der Waals surface area contributed by atoms with Crippen LogP contribution >= 0.6 is 22.6 Å². The van der Waals surface area contributed by atoms with Crippen molar-refractivity contribution in [3.05, 3.63) is 0 Å². The van der Waals surface area contributed by atoms with Gasteiger partial charge >= 0.3 is 0 Å². The molecular formula is C7H12INO2. The highest BCUT2D eigenvalue weighted by Gasteiger charge is 2.15. The van der Waals surface area contributed by atoms with Gasteiger partial charge in [0.25, 0.3) is 0 Å². The highest BCUT2D eigenvalue weighted by atomic mass is 127. The van der Waals surface area contributed by atoms with E-state index < -0.39 is 0 Å². The number of amides is 1. The van der Waals surface area contributed by atoms with Gasteiger partial charge in [-0.3, -0.25) is 4.79 Å². The molecule has 1 aliphatic rings. The number of ether oxygens (including phenoxy) is 1. The Balaban J connectivity index is 2.27. The third-order valence-electron chi connectivity index (χ3n) is 1.67. The van der Waals surface area contributed by atoms with Gasteiger partial charge in [0.1, 0.15) is 0 Å². The van der Waals surface area contributed by atoms with Crippen molar-refractivity contribution >= 4 is 28.5 Å². The molecule has 4 heteroatoms. The van der Waals surface area contributed by atoms with Gasteiger partial charge in [-0.25, -0.2) is 0 Å². The van der Waals surface area contributed by atoms with Crippen LogP contribution in [-0.2, 0) is 9.53 Å². The molecule has 0 spiro atoms. The number of rotatable bonds is 2. The highest BCUT2D eigenvalue weighted by Crippen LogP contribution is 2.01. The van der Waals surface area contributed by atoms with Gasteiger partial charge in [0, 0.05) is 23.9 Å². The van der Waals surface area contributed by atoms with E-state index in [-0.39, 0.29) is 5.91 Å². The smallest absolute Gasteiger partial charge is 0.223 e. The molecule has 0 atom stereocenters. The number of carbonyl (C=O) groups is 1. The molecule has 0 N–H and O–H groups in total. The minimum atomic E-state index is 0.266. The average molecular weight is 269 g/mol. The summed E-state index contributed by atoms with van der Waals surface area (Å²) in [7, 11) is 0. The van der Waals surface area contributed by atoms with Crippen LogP contribution in [-0.4, -0.2) is 41.5 Å². The summed E-state index contributed by atoms with van der Waals surface area (Å²) < 4.78 is 6.04. The molecule has 0 aromatic heterocycles. The van der Waals surface area contributed by atoms with Crippen LogP contribution < -0.4 is 0 Å². The first-order valence-electron chi connectivity index (χ1n) is 3.76. The standard InChI is InChI=1S/C7H12INO2/c8-2-1-7(10)9-3-5-11-6-4-9/h1-6H2. The first kappa shape index (κ1) is 9.25. The molecule has 0 radical (unpaired) electrons. The predicted octanol–water partition coefficient (Wildman–Crippen LogP) is 0.670. The zero-order chi connectivity index (χ0) is 8.10. The van der Waals surface area contributed by atoms with Crippen LogP contribution in [0.15, 0.2) is 0 Å². The van der Waals surface area contributed by atoms with Crippen molar-refractivity contribution in [2.45, 2.75) is 6.42 Å². The minimum Gasteiger partial charge on any atom is -0.378 e. The van der Waals surface area contributed by atoms with Crippen molar-refractivity contribution < 1.29 is 9.53 Å². The summed E-state index contributed by atoms with van der Waals surface area (Å²) in [5.74, 6) is 0.266. The fourth-order valence-electron chi connectivity index (χ4n) is 1.05. The second-order valence-electron chi connectivity index (χ2n) is 2.43. The number of halogens is 1. The van der Waals surface area contributed by atoms with Gasteiger partial charge in [0.2, 0.25) is 5.91 Å². The number of carbonyl (C=O) groups excluding carboxylic acids is 1. The van der Waals surface area contributed by atoms with E-state index in [9.17, 15) is 4.79 Å². The Labute approximate surface area is 80.2 Å². The summed E-state index contributed by atoms with van der Waals surface area (Å²) >= 11 is 2.22. The maximum Gasteiger partial charge on any atom is 0.223 e. The molecular weight excluding hydrogens is 257 g/mol. The normalized spacial score (nSPS) is 18.5. The Morgan fingerprint density at radius 1 is 1.45 bits per heavy atom. The minimum absolute atomic E-state index is 0.266. The monoisotopic (exact) mass is 269 g/mol. The maximum absolute atomic E-state index is 11.3. The van der Waals surface area contributed by atoms with Crippen LogP contribution in [0.3, 0.4) is 0 Å². The van der Waals surface area contributed by atoms with Crippen molar-refractivity contribution in [2.75, 3.05) is 30.7 Å². The van der Waals surface area contributed by atoms with Crippen LogP contribution in [0.4, 0.5) is 0 Å². The topological polar surface area (TPSA) is 29.5 Å². The van der Waals surface area contributed by atoms with Gasteiger partial charge in [-0.15, -0.1) is 0 Å². The molecule has 1 heterocycles. The van der Waals surface area contributed by atoms with Crippen LogP contribution in [0.5, 0.6) is 0 Å². The fourth-order valence-corrected chi connectivity index (χ4v) is 1.51. The molecule has 1 saturated heterocycles. The first-order valence-corrected chi connectivity index (χ1v) is 5.28. The van der Waals surface area contributed by atoms with Crippen molar-refractivity contribution in [2.24, 2.45) is 0 Å². The van der Waals surface area contributed by atoms with Gasteiger partial charge in [0.05, 0.1) is 13.2 Å². The van der Waals surface area contributed by atoms with E-state index in [1.165, 1.54) is 0 Å². The largest absolute Gasteiger partial charge is 0.378 e. The van der Waals surface area contributed by atoms with Gasteiger partial charge in [-0.1, -0.05) is 22.6 Å². The lowest BCUT2D eigenvalue weighted by molar-refractivity contribution is -0.134. The molecule has 0 aromatic rings. The zero-order valence-electron chi connectivity index (χ0n) is 6.38.